The van der Waals surface area contributed by atoms with Gasteiger partial charge in [0.1, 0.15) is 5.75 Å². The summed E-state index contributed by atoms with van der Waals surface area (Å²) in [5.74, 6) is 0.743. The molecule has 1 fully saturated rings. The van der Waals surface area contributed by atoms with E-state index < -0.39 is 6.36 Å². The number of nitrogens with one attached hydrogen (secondary N) is 1. The number of benzene rings is 1. The van der Waals surface area contributed by atoms with E-state index in [1.54, 1.807) is 12.1 Å². The summed E-state index contributed by atoms with van der Waals surface area (Å²) >= 11 is 0. The molecule has 2 rings (SSSR count). The molecule has 0 aromatic heterocycles. The van der Waals surface area contributed by atoms with Crippen LogP contribution in [-0.4, -0.2) is 19.5 Å². The molecule has 1 saturated heterocycles. The van der Waals surface area contributed by atoms with Gasteiger partial charge in [-0.1, -0.05) is 19.1 Å². The van der Waals surface area contributed by atoms with Crippen LogP contribution < -0.4 is 10.1 Å². The van der Waals surface area contributed by atoms with Crippen LogP contribution in [0.1, 0.15) is 24.8 Å². The third kappa shape index (κ3) is 3.38. The normalized spacial score (nSPS) is 24.9. The Balaban J connectivity index is 2.07. The molecule has 0 radical (unpaired) electrons. The summed E-state index contributed by atoms with van der Waals surface area (Å²) in [7, 11) is 0. The Bertz CT molecular complexity index is 388. The van der Waals surface area contributed by atoms with Gasteiger partial charge in [0, 0.05) is 0 Å². The number of ether oxygens (including phenoxy) is 1. The second kappa shape index (κ2) is 5.18. The van der Waals surface area contributed by atoms with E-state index in [1.165, 1.54) is 12.1 Å². The van der Waals surface area contributed by atoms with Gasteiger partial charge in [-0.25, -0.2) is 0 Å². The lowest BCUT2D eigenvalue weighted by atomic mass is 9.82. The largest absolute Gasteiger partial charge is 0.573 e. The first-order valence-corrected chi connectivity index (χ1v) is 6.02. The van der Waals surface area contributed by atoms with Crippen LogP contribution in [0.5, 0.6) is 5.75 Å². The van der Waals surface area contributed by atoms with Gasteiger partial charge in [0.05, 0.1) is 0 Å². The lowest BCUT2D eigenvalue weighted by Crippen LogP contribution is -2.33. The topological polar surface area (TPSA) is 21.3 Å². The van der Waals surface area contributed by atoms with Crippen molar-refractivity contribution >= 4 is 0 Å². The summed E-state index contributed by atoms with van der Waals surface area (Å²) < 4.78 is 39.9. The monoisotopic (exact) mass is 259 g/mol. The highest BCUT2D eigenvalue weighted by atomic mass is 19.4. The lowest BCUT2D eigenvalue weighted by Gasteiger charge is -2.30. The molecule has 0 unspecified atom stereocenters. The predicted molar refractivity (Wildman–Crippen MR) is 62.5 cm³/mol. The van der Waals surface area contributed by atoms with Crippen molar-refractivity contribution in [2.75, 3.05) is 13.1 Å². The SMILES string of the molecule is C[C@H]1CNCC[C@H]1c1ccc(OC(F)(F)F)cc1. The molecule has 2 nitrogen and oxygen atoms in total. The van der Waals surface area contributed by atoms with Gasteiger partial charge in [-0.2, -0.15) is 0 Å². The first kappa shape index (κ1) is 13.2. The van der Waals surface area contributed by atoms with Crippen LogP contribution in [0.4, 0.5) is 13.2 Å². The van der Waals surface area contributed by atoms with Crippen molar-refractivity contribution in [3.05, 3.63) is 29.8 Å². The van der Waals surface area contributed by atoms with Crippen LogP contribution in [0.15, 0.2) is 24.3 Å². The van der Waals surface area contributed by atoms with Crippen molar-refractivity contribution in [2.24, 2.45) is 5.92 Å². The van der Waals surface area contributed by atoms with Crippen molar-refractivity contribution in [1.82, 2.24) is 5.32 Å². The second-order valence-electron chi connectivity index (χ2n) is 4.69. The predicted octanol–water partition coefficient (Wildman–Crippen LogP) is 3.30. The van der Waals surface area contributed by atoms with Crippen molar-refractivity contribution in [3.8, 4) is 5.75 Å². The molecule has 1 aromatic carbocycles. The van der Waals surface area contributed by atoms with Crippen molar-refractivity contribution in [3.63, 3.8) is 0 Å². The van der Waals surface area contributed by atoms with Crippen LogP contribution in [0.25, 0.3) is 0 Å². The van der Waals surface area contributed by atoms with Gasteiger partial charge in [0.2, 0.25) is 0 Å². The van der Waals surface area contributed by atoms with Gasteiger partial charge >= 0.3 is 6.36 Å². The Morgan fingerprint density at radius 1 is 1.22 bits per heavy atom. The van der Waals surface area contributed by atoms with Gasteiger partial charge < -0.3 is 10.1 Å². The number of rotatable bonds is 2. The molecule has 0 saturated carbocycles. The average Bonchev–Trinajstić information content (AvgIpc) is 2.29. The fourth-order valence-electron chi connectivity index (χ4n) is 2.43. The summed E-state index contributed by atoms with van der Waals surface area (Å²) in [5.41, 5.74) is 1.08. The average molecular weight is 259 g/mol. The zero-order valence-corrected chi connectivity index (χ0v) is 10.1. The smallest absolute Gasteiger partial charge is 0.406 e. The highest BCUT2D eigenvalue weighted by Crippen LogP contribution is 2.31. The van der Waals surface area contributed by atoms with E-state index in [4.69, 9.17) is 0 Å². The first-order valence-electron chi connectivity index (χ1n) is 6.02. The molecule has 0 amide bonds. The Labute approximate surface area is 104 Å². The Kier molecular flexibility index (Phi) is 3.80. The van der Waals surface area contributed by atoms with E-state index in [2.05, 4.69) is 17.0 Å². The molecule has 1 aliphatic rings. The van der Waals surface area contributed by atoms with E-state index in [9.17, 15) is 13.2 Å². The summed E-state index contributed by atoms with van der Waals surface area (Å²) in [4.78, 5) is 0. The third-order valence-electron chi connectivity index (χ3n) is 3.33. The van der Waals surface area contributed by atoms with Crippen LogP contribution in [0, 0.1) is 5.92 Å². The molecular formula is C13H16F3NO. The molecule has 18 heavy (non-hydrogen) atoms. The summed E-state index contributed by atoms with van der Waals surface area (Å²) in [6.07, 6.45) is -3.61. The molecular weight excluding hydrogens is 243 g/mol. The number of hydrogen-bond donors (Lipinski definition) is 1. The van der Waals surface area contributed by atoms with E-state index in [-0.39, 0.29) is 5.75 Å². The molecule has 0 aliphatic carbocycles. The molecule has 100 valence electrons. The maximum Gasteiger partial charge on any atom is 0.573 e. The minimum atomic E-state index is -4.62. The highest BCUT2D eigenvalue weighted by molar-refractivity contribution is 5.30. The van der Waals surface area contributed by atoms with Gasteiger partial charge in [0.15, 0.2) is 0 Å². The van der Waals surface area contributed by atoms with Gasteiger partial charge in [-0.15, -0.1) is 13.2 Å². The Hall–Kier alpha value is -1.23. The molecule has 0 spiro atoms. The summed E-state index contributed by atoms with van der Waals surface area (Å²) in [6.45, 7) is 4.05. The second-order valence-corrected chi connectivity index (χ2v) is 4.69. The number of alkyl halides is 3. The lowest BCUT2D eigenvalue weighted by molar-refractivity contribution is -0.274. The van der Waals surface area contributed by atoms with E-state index >= 15 is 0 Å². The molecule has 0 bridgehead atoms. The fraction of sp³-hybridized carbons (Fsp3) is 0.538. The Morgan fingerprint density at radius 2 is 1.89 bits per heavy atom. The summed E-state index contributed by atoms with van der Waals surface area (Å²) in [6, 6.07) is 6.23. The zero-order chi connectivity index (χ0) is 13.2. The standard InChI is InChI=1S/C13H16F3NO/c1-9-8-17-7-6-12(9)10-2-4-11(5-3-10)18-13(14,15)16/h2-5,9,12,17H,6-8H2,1H3/t9-,12+/m0/s1. The van der Waals surface area contributed by atoms with Crippen LogP contribution in [0.2, 0.25) is 0 Å². The van der Waals surface area contributed by atoms with E-state index in [0.717, 1.165) is 25.1 Å². The van der Waals surface area contributed by atoms with Gasteiger partial charge in [0.25, 0.3) is 0 Å². The minimum absolute atomic E-state index is 0.159. The fourth-order valence-corrected chi connectivity index (χ4v) is 2.43. The van der Waals surface area contributed by atoms with Crippen LogP contribution in [0.3, 0.4) is 0 Å². The maximum atomic E-state index is 12.0. The van der Waals surface area contributed by atoms with Gasteiger partial charge in [-0.3, -0.25) is 0 Å². The van der Waals surface area contributed by atoms with E-state index in [1.807, 2.05) is 0 Å². The molecule has 2 atom stereocenters. The summed E-state index contributed by atoms with van der Waals surface area (Å²) in [5, 5.41) is 3.30. The number of piperidine rings is 1. The van der Waals surface area contributed by atoms with Crippen LogP contribution in [-0.2, 0) is 0 Å². The molecule has 1 aromatic rings. The molecule has 1 heterocycles. The quantitative estimate of drug-likeness (QED) is 0.880. The van der Waals surface area contributed by atoms with Crippen molar-refractivity contribution in [2.45, 2.75) is 25.6 Å². The van der Waals surface area contributed by atoms with Crippen molar-refractivity contribution in [1.29, 1.82) is 0 Å². The van der Waals surface area contributed by atoms with Gasteiger partial charge in [-0.05, 0) is 49.0 Å². The molecule has 1 N–H and O–H groups in total. The minimum Gasteiger partial charge on any atom is -0.406 e. The number of halogens is 3. The van der Waals surface area contributed by atoms with Crippen LogP contribution >= 0.6 is 0 Å². The molecule has 1 aliphatic heterocycles. The zero-order valence-electron chi connectivity index (χ0n) is 10.1. The first-order chi connectivity index (χ1) is 8.46. The number of hydrogen-bond acceptors (Lipinski definition) is 2. The van der Waals surface area contributed by atoms with Crippen molar-refractivity contribution < 1.29 is 17.9 Å². The maximum absolute atomic E-state index is 12.0. The Morgan fingerprint density at radius 3 is 2.44 bits per heavy atom. The molecule has 5 heteroatoms. The van der Waals surface area contributed by atoms with E-state index in [0.29, 0.717) is 11.8 Å². The highest BCUT2D eigenvalue weighted by Gasteiger charge is 2.31. The third-order valence-corrected chi connectivity index (χ3v) is 3.33.